The average molecular weight is 394 g/mol. The van der Waals surface area contributed by atoms with Gasteiger partial charge in [-0.05, 0) is 37.1 Å². The zero-order valence-electron chi connectivity index (χ0n) is 15.4. The first-order chi connectivity index (χ1) is 13.6. The number of carbonyl (C=O) groups is 1. The second-order valence-corrected chi connectivity index (χ2v) is 7.13. The fourth-order valence-electron chi connectivity index (χ4n) is 3.72. The van der Waals surface area contributed by atoms with Crippen molar-refractivity contribution in [1.82, 2.24) is 19.9 Å². The number of carbonyl (C=O) groups excluding carboxylic acids is 1. The summed E-state index contributed by atoms with van der Waals surface area (Å²) in [6.07, 6.45) is 6.05. The van der Waals surface area contributed by atoms with Gasteiger partial charge in [-0.3, -0.25) is 19.1 Å². The van der Waals surface area contributed by atoms with Gasteiger partial charge in [0, 0.05) is 30.4 Å². The van der Waals surface area contributed by atoms with Crippen molar-refractivity contribution in [1.29, 1.82) is 0 Å². The molecule has 1 fully saturated rings. The van der Waals surface area contributed by atoms with Crippen LogP contribution in [0.2, 0.25) is 0 Å². The number of hydrogen-bond donors (Lipinski definition) is 2. The summed E-state index contributed by atoms with van der Waals surface area (Å²) < 4.78 is 1.35. The Morgan fingerprint density at radius 2 is 2.14 bits per heavy atom. The second kappa shape index (κ2) is 9.07. The van der Waals surface area contributed by atoms with E-state index in [1.807, 2.05) is 24.3 Å². The van der Waals surface area contributed by atoms with E-state index in [2.05, 4.69) is 15.3 Å². The lowest BCUT2D eigenvalue weighted by atomic mass is 9.97. The maximum absolute atomic E-state index is 13.1. The predicted octanol–water partition coefficient (Wildman–Crippen LogP) is 2.17. The Balaban J connectivity index is 0.00000240. The number of nitrogens with one attached hydrogen (secondary N) is 1. The fourth-order valence-corrected chi connectivity index (χ4v) is 3.72. The summed E-state index contributed by atoms with van der Waals surface area (Å²) in [5.74, 6) is -0.111. The van der Waals surface area contributed by atoms with Gasteiger partial charge in [0.1, 0.15) is 0 Å². The van der Waals surface area contributed by atoms with E-state index >= 15 is 0 Å². The first-order valence-corrected chi connectivity index (χ1v) is 9.45. The lowest BCUT2D eigenvalue weighted by molar-refractivity contribution is -0.121. The van der Waals surface area contributed by atoms with Crippen LogP contribution in [0.3, 0.4) is 0 Å². The van der Waals surface area contributed by atoms with Gasteiger partial charge >= 0.3 is 0 Å². The number of nitrogens with zero attached hydrogens (tertiary/aromatic N) is 3. The topological polar surface area (TPSA) is 97.1 Å². The maximum atomic E-state index is 13.1. The van der Waals surface area contributed by atoms with Crippen LogP contribution in [0.1, 0.15) is 26.7 Å². The maximum Gasteiger partial charge on any atom is 0.262 e. The molecule has 1 aliphatic heterocycles. The van der Waals surface area contributed by atoms with E-state index in [0.717, 1.165) is 24.1 Å². The van der Waals surface area contributed by atoms with E-state index in [1.54, 1.807) is 18.5 Å². The molecule has 2 aromatic heterocycles. The number of piperidine rings is 1. The van der Waals surface area contributed by atoms with Crippen molar-refractivity contribution in [3.8, 4) is 11.1 Å². The summed E-state index contributed by atoms with van der Waals surface area (Å²) in [4.78, 5) is 34.1. The van der Waals surface area contributed by atoms with Gasteiger partial charge < -0.3 is 10.4 Å². The monoisotopic (exact) mass is 394 g/mol. The third kappa shape index (κ3) is 4.41. The van der Waals surface area contributed by atoms with Crippen LogP contribution in [0.5, 0.6) is 0 Å². The number of aliphatic hydroxyl groups is 1. The van der Waals surface area contributed by atoms with Crippen LogP contribution in [-0.4, -0.2) is 44.1 Å². The Hall–Kier alpha value is -2.90. The standard InChI is InChI=1S/C21H22N4O3.CH4/c26-15(10-18-19(27)7-3-9-23-18)12-25-13-24-17-6-1-5-16(20(17)21(25)28)14-4-2-8-22-11-14;/h1-2,4-6,8,11,13,18-19,23,27H,3,7,9-10,12H2;1H4/t18-,19+;/m1./s1. The summed E-state index contributed by atoms with van der Waals surface area (Å²) in [5.41, 5.74) is 1.90. The van der Waals surface area contributed by atoms with E-state index < -0.39 is 6.10 Å². The van der Waals surface area contributed by atoms with Gasteiger partial charge in [0.05, 0.1) is 29.9 Å². The molecule has 0 bridgehead atoms. The molecule has 1 aromatic carbocycles. The molecule has 0 amide bonds. The third-order valence-corrected chi connectivity index (χ3v) is 5.17. The lowest BCUT2D eigenvalue weighted by Crippen LogP contribution is -2.46. The molecule has 2 atom stereocenters. The molecule has 0 saturated carbocycles. The highest BCUT2D eigenvalue weighted by Gasteiger charge is 2.25. The second-order valence-electron chi connectivity index (χ2n) is 7.13. The Labute approximate surface area is 169 Å². The van der Waals surface area contributed by atoms with E-state index in [9.17, 15) is 14.7 Å². The first-order valence-electron chi connectivity index (χ1n) is 9.45. The smallest absolute Gasteiger partial charge is 0.262 e. The number of pyridine rings is 1. The number of ketones is 1. The number of rotatable bonds is 5. The highest BCUT2D eigenvalue weighted by Crippen LogP contribution is 2.24. The van der Waals surface area contributed by atoms with Crippen molar-refractivity contribution in [3.63, 3.8) is 0 Å². The van der Waals surface area contributed by atoms with Gasteiger partial charge in [0.15, 0.2) is 5.78 Å². The fraction of sp³-hybridized carbons (Fsp3) is 0.364. The lowest BCUT2D eigenvalue weighted by Gasteiger charge is -2.28. The molecular weight excluding hydrogens is 368 g/mol. The zero-order valence-corrected chi connectivity index (χ0v) is 15.4. The van der Waals surface area contributed by atoms with Crippen molar-refractivity contribution in [2.75, 3.05) is 6.54 Å². The molecular formula is C22H26N4O3. The third-order valence-electron chi connectivity index (χ3n) is 5.17. The summed E-state index contributed by atoms with van der Waals surface area (Å²) >= 11 is 0. The molecule has 29 heavy (non-hydrogen) atoms. The average Bonchev–Trinajstić information content (AvgIpc) is 2.72. The van der Waals surface area contributed by atoms with Crippen molar-refractivity contribution in [2.45, 2.75) is 45.4 Å². The summed E-state index contributed by atoms with van der Waals surface area (Å²) in [6.45, 7) is 0.731. The first kappa shape index (κ1) is 20.8. The van der Waals surface area contributed by atoms with Crippen LogP contribution >= 0.6 is 0 Å². The van der Waals surface area contributed by atoms with Crippen LogP contribution < -0.4 is 10.9 Å². The number of hydrogen-bond acceptors (Lipinski definition) is 6. The van der Waals surface area contributed by atoms with Crippen LogP contribution in [0.25, 0.3) is 22.0 Å². The number of fused-ring (bicyclic) bond motifs is 1. The number of Topliss-reactive ketones (excluding diaryl/α,β-unsaturated/α-hetero) is 1. The minimum atomic E-state index is -0.527. The molecule has 1 aliphatic rings. The van der Waals surface area contributed by atoms with Crippen molar-refractivity contribution >= 4 is 16.7 Å². The number of benzene rings is 1. The molecule has 0 spiro atoms. The molecule has 3 aromatic rings. The highest BCUT2D eigenvalue weighted by atomic mass is 16.3. The largest absolute Gasteiger partial charge is 0.391 e. The van der Waals surface area contributed by atoms with Crippen molar-refractivity contribution < 1.29 is 9.90 Å². The Morgan fingerprint density at radius 1 is 1.28 bits per heavy atom. The SMILES string of the molecule is C.O=C(C[C@H]1NCCC[C@@H]1O)Cn1cnc2cccc(-c3cccnc3)c2c1=O. The molecule has 152 valence electrons. The van der Waals surface area contributed by atoms with Crippen LogP contribution in [0, 0.1) is 0 Å². The highest BCUT2D eigenvalue weighted by molar-refractivity contribution is 5.93. The molecule has 0 aliphatic carbocycles. The quantitative estimate of drug-likeness (QED) is 0.688. The van der Waals surface area contributed by atoms with Gasteiger partial charge in [-0.15, -0.1) is 0 Å². The Kier molecular flexibility index (Phi) is 6.51. The van der Waals surface area contributed by atoms with Gasteiger partial charge in [-0.25, -0.2) is 4.98 Å². The summed E-state index contributed by atoms with van der Waals surface area (Å²) in [6, 6.07) is 8.94. The number of aromatic nitrogens is 3. The minimum Gasteiger partial charge on any atom is -0.391 e. The normalized spacial score (nSPS) is 18.9. The number of aliphatic hydroxyl groups excluding tert-OH is 1. The Bertz CT molecular complexity index is 1050. The molecule has 3 heterocycles. The molecule has 0 unspecified atom stereocenters. The molecule has 0 radical (unpaired) electrons. The van der Waals surface area contributed by atoms with Crippen LogP contribution in [0.4, 0.5) is 0 Å². The van der Waals surface area contributed by atoms with E-state index in [-0.39, 0.29) is 37.8 Å². The zero-order chi connectivity index (χ0) is 19.5. The van der Waals surface area contributed by atoms with Crippen molar-refractivity contribution in [2.24, 2.45) is 0 Å². The van der Waals surface area contributed by atoms with Crippen LogP contribution in [0.15, 0.2) is 53.8 Å². The van der Waals surface area contributed by atoms with Gasteiger partial charge in [-0.1, -0.05) is 25.6 Å². The predicted molar refractivity (Wildman–Crippen MR) is 113 cm³/mol. The van der Waals surface area contributed by atoms with Gasteiger partial charge in [0.25, 0.3) is 5.56 Å². The molecule has 7 nitrogen and oxygen atoms in total. The minimum absolute atomic E-state index is 0. The summed E-state index contributed by atoms with van der Waals surface area (Å²) in [7, 11) is 0. The van der Waals surface area contributed by atoms with Crippen molar-refractivity contribution in [3.05, 3.63) is 59.4 Å². The Morgan fingerprint density at radius 3 is 2.90 bits per heavy atom. The molecule has 7 heteroatoms. The van der Waals surface area contributed by atoms with E-state index in [0.29, 0.717) is 17.3 Å². The van der Waals surface area contributed by atoms with Crippen LogP contribution in [-0.2, 0) is 11.3 Å². The van der Waals surface area contributed by atoms with E-state index in [1.165, 1.54) is 10.9 Å². The molecule has 2 N–H and O–H groups in total. The summed E-state index contributed by atoms with van der Waals surface area (Å²) in [5, 5.41) is 13.7. The van der Waals surface area contributed by atoms with E-state index in [4.69, 9.17) is 0 Å². The molecule has 1 saturated heterocycles. The molecule has 4 rings (SSSR count). The van der Waals surface area contributed by atoms with Gasteiger partial charge in [-0.2, -0.15) is 0 Å². The van der Waals surface area contributed by atoms with Gasteiger partial charge in [0.2, 0.25) is 0 Å².